The van der Waals surface area contributed by atoms with Crippen LogP contribution in [0.5, 0.6) is 0 Å². The van der Waals surface area contributed by atoms with Crippen LogP contribution >= 0.6 is 0 Å². The minimum absolute atomic E-state index is 0.0627. The fourth-order valence-corrected chi connectivity index (χ4v) is 5.63. The molecule has 5 rings (SSSR count). The Labute approximate surface area is 276 Å². The maximum absolute atomic E-state index is 14.6. The van der Waals surface area contributed by atoms with Crippen molar-refractivity contribution in [2.24, 2.45) is 0 Å². The Kier molecular flexibility index (Phi) is 9.26. The number of urea groups is 1. The van der Waals surface area contributed by atoms with E-state index in [9.17, 15) is 32.8 Å². The maximum atomic E-state index is 14.6. The van der Waals surface area contributed by atoms with Crippen molar-refractivity contribution in [3.8, 4) is 17.2 Å². The number of nitriles is 1. The summed E-state index contributed by atoms with van der Waals surface area (Å²) in [6.07, 6.45) is -4.70. The van der Waals surface area contributed by atoms with E-state index in [1.165, 1.54) is 31.2 Å². The molecule has 0 fully saturated rings. The third-order valence-corrected chi connectivity index (χ3v) is 7.75. The van der Waals surface area contributed by atoms with E-state index in [4.69, 9.17) is 4.74 Å². The van der Waals surface area contributed by atoms with E-state index in [1.807, 2.05) is 36.4 Å². The molecule has 244 valence electrons. The maximum Gasteiger partial charge on any atom is 0.416 e. The third-order valence-electron chi connectivity index (χ3n) is 7.75. The lowest BCUT2D eigenvalue weighted by Crippen LogP contribution is -2.53. The van der Waals surface area contributed by atoms with E-state index < -0.39 is 47.7 Å². The van der Waals surface area contributed by atoms with Crippen molar-refractivity contribution in [3.63, 3.8) is 0 Å². The Bertz CT molecular complexity index is 1920. The number of benzene rings is 4. The highest BCUT2D eigenvalue weighted by atomic mass is 19.4. The quantitative estimate of drug-likeness (QED) is 0.147. The number of ether oxygens (including phenoxy) is 1. The van der Waals surface area contributed by atoms with Gasteiger partial charge in [-0.25, -0.2) is 4.79 Å². The number of halogens is 3. The number of carbonyl (C=O) groups is 3. The summed E-state index contributed by atoms with van der Waals surface area (Å²) in [7, 11) is 0. The summed E-state index contributed by atoms with van der Waals surface area (Å²) in [6, 6.07) is 26.9. The lowest BCUT2D eigenvalue weighted by atomic mass is 9.87. The minimum atomic E-state index is -4.70. The molecule has 0 saturated heterocycles. The molecule has 0 aromatic heterocycles. The number of anilines is 1. The van der Waals surface area contributed by atoms with Crippen molar-refractivity contribution in [2.75, 3.05) is 11.4 Å². The summed E-state index contributed by atoms with van der Waals surface area (Å²) in [5.74, 6) is -1.28. The number of rotatable bonds is 7. The molecule has 2 amide bonds. The Hall–Kier alpha value is -5.69. The molecule has 0 radical (unpaired) electrons. The van der Waals surface area contributed by atoms with Crippen molar-refractivity contribution in [1.82, 2.24) is 4.90 Å². The average molecular weight is 652 g/mol. The topological polar surface area (TPSA) is 90.7 Å². The first-order chi connectivity index (χ1) is 22.7. The van der Waals surface area contributed by atoms with Crippen molar-refractivity contribution < 1.29 is 32.3 Å². The number of esters is 1. The van der Waals surface area contributed by atoms with Gasteiger partial charge in [-0.2, -0.15) is 18.4 Å². The van der Waals surface area contributed by atoms with E-state index in [0.717, 1.165) is 33.1 Å². The summed E-state index contributed by atoms with van der Waals surface area (Å²) in [5, 5.41) is 9.41. The number of carbonyl (C=O) groups excluding carboxylic acids is 3. The molecular formula is C38H32F3N3O4. The zero-order chi connectivity index (χ0) is 34.8. The first-order valence-electron chi connectivity index (χ1n) is 15.1. The molecule has 0 spiro atoms. The number of Topliss-reactive ketones (excluding diaryl/α,β-unsaturated/α-hetero) is 1. The zero-order valence-corrected chi connectivity index (χ0v) is 26.7. The van der Waals surface area contributed by atoms with E-state index >= 15 is 0 Å². The molecule has 7 nitrogen and oxygen atoms in total. The van der Waals surface area contributed by atoms with Gasteiger partial charge in [-0.1, -0.05) is 72.8 Å². The lowest BCUT2D eigenvalue weighted by molar-refractivity contribution is -0.155. The first-order valence-corrected chi connectivity index (χ1v) is 15.1. The van der Waals surface area contributed by atoms with Gasteiger partial charge in [0.05, 0.1) is 28.9 Å². The second-order valence-corrected chi connectivity index (χ2v) is 12.3. The fraction of sp³-hybridized carbons (Fsp3) is 0.211. The van der Waals surface area contributed by atoms with Gasteiger partial charge in [0.1, 0.15) is 12.1 Å². The van der Waals surface area contributed by atoms with Crippen molar-refractivity contribution in [2.45, 2.75) is 45.5 Å². The van der Waals surface area contributed by atoms with Crippen molar-refractivity contribution >= 4 is 23.5 Å². The van der Waals surface area contributed by atoms with Gasteiger partial charge >= 0.3 is 18.2 Å². The molecule has 0 N–H and O–H groups in total. The van der Waals surface area contributed by atoms with E-state index in [2.05, 4.69) is 0 Å². The molecule has 4 aromatic carbocycles. The van der Waals surface area contributed by atoms with Crippen LogP contribution in [-0.4, -0.2) is 34.8 Å². The number of allylic oxidation sites excluding steroid dienone is 1. The van der Waals surface area contributed by atoms with Crippen LogP contribution in [0.1, 0.15) is 60.8 Å². The highest BCUT2D eigenvalue weighted by molar-refractivity contribution is 6.13. The van der Waals surface area contributed by atoms with Crippen LogP contribution in [0.25, 0.3) is 11.1 Å². The fourth-order valence-electron chi connectivity index (χ4n) is 5.63. The van der Waals surface area contributed by atoms with Crippen molar-refractivity contribution in [3.05, 3.63) is 137 Å². The van der Waals surface area contributed by atoms with Gasteiger partial charge < -0.3 is 9.64 Å². The Balaban J connectivity index is 1.71. The highest BCUT2D eigenvalue weighted by Crippen LogP contribution is 2.42. The Morgan fingerprint density at radius 2 is 1.48 bits per heavy atom. The second kappa shape index (κ2) is 13.2. The second-order valence-electron chi connectivity index (χ2n) is 12.3. The normalized spacial score (nSPS) is 15.3. The van der Waals surface area contributed by atoms with Crippen LogP contribution in [0.4, 0.5) is 23.7 Å². The smallest absolute Gasteiger partial charge is 0.416 e. The number of hydrogen-bond donors (Lipinski definition) is 0. The predicted octanol–water partition coefficient (Wildman–Crippen LogP) is 8.73. The van der Waals surface area contributed by atoms with Crippen LogP contribution in [0.2, 0.25) is 0 Å². The largest absolute Gasteiger partial charge is 0.459 e. The highest BCUT2D eigenvalue weighted by Gasteiger charge is 2.44. The molecule has 10 heteroatoms. The summed E-state index contributed by atoms with van der Waals surface area (Å²) in [4.78, 5) is 44.3. The summed E-state index contributed by atoms with van der Waals surface area (Å²) < 4.78 is 46.9. The third kappa shape index (κ3) is 7.15. The number of ketones is 1. The average Bonchev–Trinajstić information content (AvgIpc) is 3.05. The molecule has 0 saturated carbocycles. The zero-order valence-electron chi connectivity index (χ0n) is 26.7. The molecule has 1 aliphatic heterocycles. The van der Waals surface area contributed by atoms with Crippen LogP contribution < -0.4 is 4.90 Å². The minimum Gasteiger partial charge on any atom is -0.459 e. The Morgan fingerprint density at radius 3 is 2.06 bits per heavy atom. The number of nitrogens with zero attached hydrogens (tertiary/aromatic N) is 3. The standard InChI is InChI=1S/C38H32F3N3O4/c1-24-33(35(46)29-19-17-27(18-20-29)26-9-6-5-7-10-26)34(28-15-13-25(22-42)14-16-28)43(23-32(45)48-37(2,3)4)36(47)44(24)31-12-8-11-30(21-31)38(39,40)41/h5-21,34H,23H2,1-4H3. The number of alkyl halides is 3. The van der Waals surface area contributed by atoms with Gasteiger partial charge in [-0.05, 0) is 74.7 Å². The van der Waals surface area contributed by atoms with E-state index in [-0.39, 0.29) is 22.5 Å². The molecule has 4 aromatic rings. The molecule has 1 heterocycles. The Morgan fingerprint density at radius 1 is 0.854 bits per heavy atom. The molecule has 1 unspecified atom stereocenters. The monoisotopic (exact) mass is 651 g/mol. The van der Waals surface area contributed by atoms with Gasteiger partial charge in [0, 0.05) is 16.8 Å². The summed E-state index contributed by atoms with van der Waals surface area (Å²) in [6.45, 7) is 5.86. The number of amides is 2. The van der Waals surface area contributed by atoms with E-state index in [0.29, 0.717) is 11.1 Å². The van der Waals surface area contributed by atoms with Gasteiger partial charge in [0.2, 0.25) is 0 Å². The van der Waals surface area contributed by atoms with Crippen LogP contribution in [0.3, 0.4) is 0 Å². The SMILES string of the molecule is CC1=C(C(=O)c2ccc(-c3ccccc3)cc2)C(c2ccc(C#N)cc2)N(CC(=O)OC(C)(C)C)C(=O)N1c1cccc(C(F)(F)F)c1. The number of hydrogen-bond acceptors (Lipinski definition) is 5. The predicted molar refractivity (Wildman–Crippen MR) is 175 cm³/mol. The van der Waals surface area contributed by atoms with Gasteiger partial charge in [0.15, 0.2) is 5.78 Å². The molecule has 0 aliphatic carbocycles. The first kappa shape index (κ1) is 33.7. The van der Waals surface area contributed by atoms with Gasteiger partial charge in [-0.3, -0.25) is 14.5 Å². The van der Waals surface area contributed by atoms with Crippen molar-refractivity contribution in [1.29, 1.82) is 5.26 Å². The van der Waals surface area contributed by atoms with Gasteiger partial charge in [-0.15, -0.1) is 0 Å². The molecule has 48 heavy (non-hydrogen) atoms. The molecule has 1 atom stereocenters. The molecular weight excluding hydrogens is 619 g/mol. The summed E-state index contributed by atoms with van der Waals surface area (Å²) in [5.41, 5.74) is 0.918. The van der Waals surface area contributed by atoms with Gasteiger partial charge in [0.25, 0.3) is 0 Å². The molecule has 0 bridgehead atoms. The van der Waals surface area contributed by atoms with Crippen LogP contribution in [-0.2, 0) is 15.7 Å². The molecule has 1 aliphatic rings. The lowest BCUT2D eigenvalue weighted by Gasteiger charge is -2.43. The summed E-state index contributed by atoms with van der Waals surface area (Å²) >= 11 is 0. The van der Waals surface area contributed by atoms with Crippen LogP contribution in [0, 0.1) is 11.3 Å². The van der Waals surface area contributed by atoms with Crippen LogP contribution in [0.15, 0.2) is 114 Å². The van der Waals surface area contributed by atoms with E-state index in [1.54, 1.807) is 57.2 Å².